The van der Waals surface area contributed by atoms with E-state index in [-0.39, 0.29) is 5.91 Å². The Morgan fingerprint density at radius 2 is 1.97 bits per heavy atom. The molecule has 0 aliphatic rings. The highest BCUT2D eigenvalue weighted by atomic mass is 32.2. The van der Waals surface area contributed by atoms with E-state index in [4.69, 9.17) is 9.72 Å². The van der Waals surface area contributed by atoms with Crippen LogP contribution in [0, 0.1) is 0 Å². The maximum Gasteiger partial charge on any atom is 0.260 e. The Kier molecular flexibility index (Phi) is 7.07. The van der Waals surface area contributed by atoms with Crippen molar-refractivity contribution in [1.29, 1.82) is 0 Å². The third-order valence-corrected chi connectivity index (χ3v) is 6.73. The minimum absolute atomic E-state index is 0.0842. The Bertz CT molecular complexity index is 1190. The molecule has 0 N–H and O–H groups in total. The van der Waals surface area contributed by atoms with Crippen molar-refractivity contribution in [1.82, 2.24) is 9.97 Å². The number of nitrogens with zero attached hydrogens (tertiary/aromatic N) is 3. The van der Waals surface area contributed by atoms with Crippen LogP contribution in [0.2, 0.25) is 0 Å². The number of fused-ring (bicyclic) bond motifs is 1. The summed E-state index contributed by atoms with van der Waals surface area (Å²) in [5, 5.41) is 1.14. The first kappa shape index (κ1) is 22.3. The summed E-state index contributed by atoms with van der Waals surface area (Å²) in [6, 6.07) is 17.5. The molecule has 0 radical (unpaired) electrons. The lowest BCUT2D eigenvalue weighted by Gasteiger charge is -2.20. The number of thiazole rings is 1. The lowest BCUT2D eigenvalue weighted by molar-refractivity contribution is 0.0985. The number of anilines is 1. The standard InChI is InChI=1S/C25H25N3O2S2/c1-4-30-20-9-12-22-23(14-20)32-25(27-22)28(16-18-6-5-13-26-15-18)24(29)19-7-10-21(11-8-19)31-17(2)3/h5-15,17H,4,16H2,1-3H3. The molecule has 7 heteroatoms. The van der Waals surface area contributed by atoms with E-state index in [9.17, 15) is 4.79 Å². The van der Waals surface area contributed by atoms with Gasteiger partial charge < -0.3 is 4.74 Å². The van der Waals surface area contributed by atoms with Crippen molar-refractivity contribution in [3.8, 4) is 5.75 Å². The SMILES string of the molecule is CCOc1ccc2nc(N(Cc3cccnc3)C(=O)c3ccc(SC(C)C)cc3)sc2c1. The van der Waals surface area contributed by atoms with Crippen LogP contribution in [0.5, 0.6) is 5.75 Å². The number of carbonyl (C=O) groups excluding carboxylic acids is 1. The maximum atomic E-state index is 13.6. The zero-order valence-electron chi connectivity index (χ0n) is 18.3. The highest BCUT2D eigenvalue weighted by Gasteiger charge is 2.22. The number of rotatable bonds is 8. The van der Waals surface area contributed by atoms with Gasteiger partial charge in [-0.15, -0.1) is 11.8 Å². The smallest absolute Gasteiger partial charge is 0.260 e. The summed E-state index contributed by atoms with van der Waals surface area (Å²) in [6.45, 7) is 7.27. The molecule has 2 heterocycles. The van der Waals surface area contributed by atoms with Crippen LogP contribution in [-0.4, -0.2) is 27.7 Å². The molecule has 4 rings (SSSR count). The first-order chi connectivity index (χ1) is 15.5. The number of hydrogen-bond acceptors (Lipinski definition) is 6. The van der Waals surface area contributed by atoms with Gasteiger partial charge in [0.15, 0.2) is 5.13 Å². The van der Waals surface area contributed by atoms with E-state index in [2.05, 4.69) is 18.8 Å². The molecule has 0 saturated heterocycles. The summed E-state index contributed by atoms with van der Waals surface area (Å²) in [7, 11) is 0. The van der Waals surface area contributed by atoms with Crippen molar-refractivity contribution >= 4 is 44.4 Å². The fraction of sp³-hybridized carbons (Fsp3) is 0.240. The highest BCUT2D eigenvalue weighted by Crippen LogP contribution is 2.33. The van der Waals surface area contributed by atoms with Crippen molar-refractivity contribution in [2.24, 2.45) is 0 Å². The van der Waals surface area contributed by atoms with Gasteiger partial charge in [0, 0.05) is 28.1 Å². The molecule has 4 aromatic rings. The Morgan fingerprint density at radius 1 is 1.16 bits per heavy atom. The predicted molar refractivity (Wildman–Crippen MR) is 133 cm³/mol. The van der Waals surface area contributed by atoms with Crippen LogP contribution in [-0.2, 0) is 6.54 Å². The Morgan fingerprint density at radius 3 is 2.66 bits per heavy atom. The van der Waals surface area contributed by atoms with E-state index >= 15 is 0 Å². The summed E-state index contributed by atoms with van der Waals surface area (Å²) in [6.07, 6.45) is 3.51. The van der Waals surface area contributed by atoms with Crippen molar-refractivity contribution in [2.45, 2.75) is 37.5 Å². The lowest BCUT2D eigenvalue weighted by atomic mass is 10.2. The van der Waals surface area contributed by atoms with E-state index < -0.39 is 0 Å². The molecule has 0 aliphatic carbocycles. The molecule has 5 nitrogen and oxygen atoms in total. The van der Waals surface area contributed by atoms with Crippen LogP contribution in [0.3, 0.4) is 0 Å². The van der Waals surface area contributed by atoms with Gasteiger partial charge in [0.1, 0.15) is 5.75 Å². The van der Waals surface area contributed by atoms with E-state index in [1.54, 1.807) is 29.1 Å². The molecular weight excluding hydrogens is 438 g/mol. The summed E-state index contributed by atoms with van der Waals surface area (Å²) < 4.78 is 6.61. The predicted octanol–water partition coefficient (Wildman–Crippen LogP) is 6.44. The van der Waals surface area contributed by atoms with E-state index in [1.807, 2.05) is 61.5 Å². The molecule has 0 spiro atoms. The average Bonchev–Trinajstić information content (AvgIpc) is 3.21. The summed E-state index contributed by atoms with van der Waals surface area (Å²) in [5.74, 6) is 0.720. The number of hydrogen-bond donors (Lipinski definition) is 0. The van der Waals surface area contributed by atoms with Gasteiger partial charge in [-0.3, -0.25) is 14.7 Å². The molecule has 0 atom stereocenters. The molecule has 0 bridgehead atoms. The van der Waals surface area contributed by atoms with Gasteiger partial charge in [-0.1, -0.05) is 31.3 Å². The Hall–Kier alpha value is -2.90. The summed E-state index contributed by atoms with van der Waals surface area (Å²) in [5.41, 5.74) is 2.43. The van der Waals surface area contributed by atoms with Crippen LogP contribution in [0.1, 0.15) is 36.7 Å². The van der Waals surface area contributed by atoms with Gasteiger partial charge in [0.25, 0.3) is 5.91 Å². The number of thioether (sulfide) groups is 1. The van der Waals surface area contributed by atoms with Gasteiger partial charge in [0.2, 0.25) is 0 Å². The van der Waals surface area contributed by atoms with Crippen molar-refractivity contribution in [2.75, 3.05) is 11.5 Å². The molecule has 0 fully saturated rings. The first-order valence-corrected chi connectivity index (χ1v) is 12.2. The number of carbonyl (C=O) groups is 1. The molecule has 0 unspecified atom stereocenters. The monoisotopic (exact) mass is 463 g/mol. The number of aromatic nitrogens is 2. The quantitative estimate of drug-likeness (QED) is 0.282. The fourth-order valence-electron chi connectivity index (χ4n) is 3.27. The Labute approximate surface area is 196 Å². The van der Waals surface area contributed by atoms with Gasteiger partial charge in [-0.2, -0.15) is 0 Å². The fourth-order valence-corrected chi connectivity index (χ4v) is 5.10. The van der Waals surface area contributed by atoms with Crippen LogP contribution in [0.15, 0.2) is 71.9 Å². The summed E-state index contributed by atoms with van der Waals surface area (Å²) >= 11 is 3.27. The molecule has 1 amide bonds. The van der Waals surface area contributed by atoms with Gasteiger partial charge >= 0.3 is 0 Å². The zero-order valence-corrected chi connectivity index (χ0v) is 20.0. The minimum Gasteiger partial charge on any atom is -0.494 e. The number of ether oxygens (including phenoxy) is 1. The number of amides is 1. The molecule has 0 saturated carbocycles. The zero-order chi connectivity index (χ0) is 22.5. The van der Waals surface area contributed by atoms with Crippen LogP contribution >= 0.6 is 23.1 Å². The second kappa shape index (κ2) is 10.1. The molecule has 0 aliphatic heterocycles. The highest BCUT2D eigenvalue weighted by molar-refractivity contribution is 7.99. The van der Waals surface area contributed by atoms with Crippen molar-refractivity contribution < 1.29 is 9.53 Å². The minimum atomic E-state index is -0.0842. The van der Waals surface area contributed by atoms with E-state index in [0.717, 1.165) is 26.4 Å². The van der Waals surface area contributed by atoms with Gasteiger partial charge in [-0.05, 0) is 61.0 Å². The molecule has 2 aromatic carbocycles. The van der Waals surface area contributed by atoms with Crippen molar-refractivity contribution in [3.05, 3.63) is 78.1 Å². The van der Waals surface area contributed by atoms with Crippen molar-refractivity contribution in [3.63, 3.8) is 0 Å². The molecule has 32 heavy (non-hydrogen) atoms. The van der Waals surface area contributed by atoms with Gasteiger partial charge in [-0.25, -0.2) is 4.98 Å². The molecular formula is C25H25N3O2S2. The number of pyridine rings is 1. The third kappa shape index (κ3) is 5.29. The first-order valence-electron chi connectivity index (χ1n) is 10.5. The average molecular weight is 464 g/mol. The maximum absolute atomic E-state index is 13.6. The second-order valence-corrected chi connectivity index (χ2v) is 10.2. The molecule has 2 aromatic heterocycles. The van der Waals surface area contributed by atoms with E-state index in [0.29, 0.717) is 29.1 Å². The normalized spacial score (nSPS) is 11.1. The topological polar surface area (TPSA) is 55.3 Å². The van der Waals surface area contributed by atoms with Crippen LogP contribution < -0.4 is 9.64 Å². The Balaban J connectivity index is 1.68. The van der Waals surface area contributed by atoms with Crippen LogP contribution in [0.25, 0.3) is 10.2 Å². The second-order valence-electron chi connectivity index (χ2n) is 7.50. The number of benzene rings is 2. The third-order valence-electron chi connectivity index (χ3n) is 4.67. The van der Waals surface area contributed by atoms with E-state index in [1.165, 1.54) is 11.3 Å². The largest absolute Gasteiger partial charge is 0.494 e. The van der Waals surface area contributed by atoms with Crippen LogP contribution in [0.4, 0.5) is 5.13 Å². The van der Waals surface area contributed by atoms with Gasteiger partial charge in [0.05, 0.1) is 23.4 Å². The summed E-state index contributed by atoms with van der Waals surface area (Å²) in [4.78, 5) is 25.4. The molecule has 164 valence electrons. The lowest BCUT2D eigenvalue weighted by Crippen LogP contribution is -2.30.